The number of pyridine rings is 1. The third-order valence-electron chi connectivity index (χ3n) is 5.14. The maximum absolute atomic E-state index is 12.4. The van der Waals surface area contributed by atoms with E-state index < -0.39 is 16.7 Å². The largest absolute Gasteiger partial charge is 0.444 e. The summed E-state index contributed by atoms with van der Waals surface area (Å²) in [5.74, 6) is 0. The summed E-state index contributed by atoms with van der Waals surface area (Å²) < 4.78 is 12.0. The molecule has 0 saturated carbocycles. The molecule has 0 radical (unpaired) electrons. The van der Waals surface area contributed by atoms with Crippen LogP contribution in [0.3, 0.4) is 0 Å². The Morgan fingerprint density at radius 1 is 1.33 bits per heavy atom. The van der Waals surface area contributed by atoms with E-state index in [1.807, 2.05) is 47.6 Å². The SMILES string of the molecule is Cc1nc2c(cc1Cl)C(C(C)(C)N)OC21CCN(C(=O)OC(C)(C)C)CC1. The maximum atomic E-state index is 12.4. The van der Waals surface area contributed by atoms with Crippen LogP contribution in [0.4, 0.5) is 4.79 Å². The summed E-state index contributed by atoms with van der Waals surface area (Å²) in [4.78, 5) is 18.9. The quantitative estimate of drug-likeness (QED) is 0.775. The molecule has 1 amide bonds. The number of fused-ring (bicyclic) bond motifs is 2. The van der Waals surface area contributed by atoms with Crippen molar-refractivity contribution in [2.45, 2.75) is 77.2 Å². The van der Waals surface area contributed by atoms with E-state index in [0.29, 0.717) is 31.0 Å². The highest BCUT2D eigenvalue weighted by Crippen LogP contribution is 2.52. The fourth-order valence-electron chi connectivity index (χ4n) is 3.79. The van der Waals surface area contributed by atoms with E-state index in [1.54, 1.807) is 4.90 Å². The van der Waals surface area contributed by atoms with Crippen LogP contribution in [-0.4, -0.2) is 40.2 Å². The number of nitrogens with zero attached hydrogens (tertiary/aromatic N) is 2. The van der Waals surface area contributed by atoms with Crippen molar-refractivity contribution in [3.8, 4) is 0 Å². The predicted octanol–water partition coefficient (Wildman–Crippen LogP) is 4.08. The van der Waals surface area contributed by atoms with E-state index in [0.717, 1.165) is 17.0 Å². The molecule has 0 aromatic carbocycles. The number of amides is 1. The Morgan fingerprint density at radius 3 is 2.44 bits per heavy atom. The fourth-order valence-corrected chi connectivity index (χ4v) is 3.95. The van der Waals surface area contributed by atoms with Gasteiger partial charge in [-0.25, -0.2) is 4.79 Å². The lowest BCUT2D eigenvalue weighted by Crippen LogP contribution is -2.48. The van der Waals surface area contributed by atoms with Crippen LogP contribution in [0, 0.1) is 6.92 Å². The molecule has 2 aliphatic heterocycles. The molecule has 6 nitrogen and oxygen atoms in total. The van der Waals surface area contributed by atoms with Crippen LogP contribution in [0.15, 0.2) is 6.07 Å². The van der Waals surface area contributed by atoms with Gasteiger partial charge in [-0.1, -0.05) is 11.6 Å². The fraction of sp³-hybridized carbons (Fsp3) is 0.700. The minimum Gasteiger partial charge on any atom is -0.444 e. The minimum absolute atomic E-state index is 0.286. The zero-order valence-corrected chi connectivity index (χ0v) is 17.8. The highest BCUT2D eigenvalue weighted by atomic mass is 35.5. The van der Waals surface area contributed by atoms with Gasteiger partial charge in [-0.05, 0) is 60.5 Å². The average molecular weight is 396 g/mol. The third kappa shape index (κ3) is 3.93. The first-order valence-electron chi connectivity index (χ1n) is 9.44. The van der Waals surface area contributed by atoms with Crippen LogP contribution in [0.1, 0.15) is 70.5 Å². The molecule has 3 rings (SSSR count). The lowest BCUT2D eigenvalue weighted by Gasteiger charge is -2.40. The van der Waals surface area contributed by atoms with E-state index >= 15 is 0 Å². The first-order valence-corrected chi connectivity index (χ1v) is 9.82. The molecule has 1 aromatic rings. The van der Waals surface area contributed by atoms with Gasteiger partial charge >= 0.3 is 6.09 Å². The zero-order chi connectivity index (χ0) is 20.2. The van der Waals surface area contributed by atoms with Crippen molar-refractivity contribution in [1.29, 1.82) is 0 Å². The number of hydrogen-bond donors (Lipinski definition) is 1. The van der Waals surface area contributed by atoms with Gasteiger partial charge in [0, 0.05) is 24.2 Å². The highest BCUT2D eigenvalue weighted by molar-refractivity contribution is 6.31. The monoisotopic (exact) mass is 395 g/mol. The number of likely N-dealkylation sites (tertiary alicyclic amines) is 1. The number of nitrogens with two attached hydrogens (primary N) is 1. The Kier molecular flexibility index (Phi) is 4.98. The zero-order valence-electron chi connectivity index (χ0n) is 17.1. The third-order valence-corrected chi connectivity index (χ3v) is 5.52. The molecule has 7 heteroatoms. The van der Waals surface area contributed by atoms with Crippen molar-refractivity contribution in [3.05, 3.63) is 28.0 Å². The van der Waals surface area contributed by atoms with Gasteiger partial charge in [0.25, 0.3) is 0 Å². The number of carbonyl (C=O) groups is 1. The molecule has 2 aliphatic rings. The number of hydrogen-bond acceptors (Lipinski definition) is 5. The number of aromatic nitrogens is 1. The Hall–Kier alpha value is -1.37. The second-order valence-electron chi connectivity index (χ2n) is 9.27. The molecule has 0 bridgehead atoms. The van der Waals surface area contributed by atoms with E-state index in [-0.39, 0.29) is 12.2 Å². The normalized spacial score (nSPS) is 22.1. The van der Waals surface area contributed by atoms with Crippen LogP contribution in [0.2, 0.25) is 5.02 Å². The number of piperidine rings is 1. The molecular formula is C20H30ClN3O3. The molecule has 0 aliphatic carbocycles. The van der Waals surface area contributed by atoms with Crippen molar-refractivity contribution in [2.75, 3.05) is 13.1 Å². The molecule has 150 valence electrons. The van der Waals surface area contributed by atoms with Crippen molar-refractivity contribution >= 4 is 17.7 Å². The Labute approximate surface area is 166 Å². The molecule has 3 heterocycles. The van der Waals surface area contributed by atoms with Gasteiger partial charge in [0.1, 0.15) is 17.3 Å². The van der Waals surface area contributed by atoms with E-state index in [1.165, 1.54) is 0 Å². The number of halogens is 1. The van der Waals surface area contributed by atoms with Crippen molar-refractivity contribution < 1.29 is 14.3 Å². The summed E-state index contributed by atoms with van der Waals surface area (Å²) >= 11 is 6.33. The van der Waals surface area contributed by atoms with Gasteiger partial charge in [-0.3, -0.25) is 4.98 Å². The van der Waals surface area contributed by atoms with E-state index in [9.17, 15) is 4.79 Å². The Balaban J connectivity index is 1.86. The van der Waals surface area contributed by atoms with Gasteiger partial charge in [0.05, 0.1) is 16.4 Å². The van der Waals surface area contributed by atoms with Crippen molar-refractivity contribution in [1.82, 2.24) is 9.88 Å². The molecule has 1 saturated heterocycles. The Morgan fingerprint density at radius 2 is 1.93 bits per heavy atom. The maximum Gasteiger partial charge on any atom is 0.410 e. The molecule has 1 fully saturated rings. The number of carbonyl (C=O) groups excluding carboxylic acids is 1. The lowest BCUT2D eigenvalue weighted by molar-refractivity contribution is -0.128. The predicted molar refractivity (Wildman–Crippen MR) is 105 cm³/mol. The summed E-state index contributed by atoms with van der Waals surface area (Å²) in [5, 5.41) is 0.620. The van der Waals surface area contributed by atoms with Crippen LogP contribution in [-0.2, 0) is 15.1 Å². The minimum atomic E-state index is -0.569. The van der Waals surface area contributed by atoms with Gasteiger partial charge in [-0.15, -0.1) is 0 Å². The van der Waals surface area contributed by atoms with Crippen LogP contribution < -0.4 is 5.73 Å². The van der Waals surface area contributed by atoms with Crippen LogP contribution in [0.5, 0.6) is 0 Å². The average Bonchev–Trinajstić information content (AvgIpc) is 2.81. The molecule has 1 aromatic heterocycles. The summed E-state index contributed by atoms with van der Waals surface area (Å²) in [6, 6.07) is 1.94. The lowest BCUT2D eigenvalue weighted by atomic mass is 9.85. The van der Waals surface area contributed by atoms with Gasteiger partial charge < -0.3 is 20.1 Å². The van der Waals surface area contributed by atoms with Gasteiger partial charge in [0.2, 0.25) is 0 Å². The van der Waals surface area contributed by atoms with Crippen molar-refractivity contribution in [3.63, 3.8) is 0 Å². The molecule has 2 N–H and O–H groups in total. The number of ether oxygens (including phenoxy) is 2. The second kappa shape index (κ2) is 6.61. The summed E-state index contributed by atoms with van der Waals surface area (Å²) in [5.41, 5.74) is 7.44. The second-order valence-corrected chi connectivity index (χ2v) is 9.68. The van der Waals surface area contributed by atoms with Crippen LogP contribution in [0.25, 0.3) is 0 Å². The van der Waals surface area contributed by atoms with E-state index in [4.69, 9.17) is 31.8 Å². The summed E-state index contributed by atoms with van der Waals surface area (Å²) in [7, 11) is 0. The standard InChI is InChI=1S/C20H30ClN3O3/c1-12-14(21)11-13-15(23-12)20(26-16(13)19(5,6)22)7-9-24(10-8-20)17(25)27-18(2,3)4/h11,16H,7-10,22H2,1-6H3. The van der Waals surface area contributed by atoms with Crippen LogP contribution >= 0.6 is 11.6 Å². The van der Waals surface area contributed by atoms with Gasteiger partial charge in [-0.2, -0.15) is 0 Å². The molecule has 1 atom stereocenters. The van der Waals surface area contributed by atoms with Crippen molar-refractivity contribution in [2.24, 2.45) is 5.73 Å². The smallest absolute Gasteiger partial charge is 0.410 e. The van der Waals surface area contributed by atoms with Gasteiger partial charge in [0.15, 0.2) is 0 Å². The Bertz CT molecular complexity index is 744. The molecule has 27 heavy (non-hydrogen) atoms. The van der Waals surface area contributed by atoms with E-state index in [2.05, 4.69) is 0 Å². The topological polar surface area (TPSA) is 77.7 Å². The number of rotatable bonds is 1. The summed E-state index contributed by atoms with van der Waals surface area (Å²) in [6.45, 7) is 12.5. The molecular weight excluding hydrogens is 366 g/mol. The molecule has 1 unspecified atom stereocenters. The molecule has 1 spiro atoms. The number of aryl methyl sites for hydroxylation is 1. The first-order chi connectivity index (χ1) is 12.3. The first kappa shape index (κ1) is 20.4. The highest BCUT2D eigenvalue weighted by Gasteiger charge is 2.52. The summed E-state index contributed by atoms with van der Waals surface area (Å²) in [6.07, 6.45) is 0.734.